The number of rotatable bonds is 3. The molecule has 4 nitrogen and oxygen atoms in total. The fourth-order valence-electron chi connectivity index (χ4n) is 2.25. The number of hydrogen-bond acceptors (Lipinski definition) is 4. The van der Waals surface area contributed by atoms with E-state index in [9.17, 15) is 5.11 Å². The van der Waals surface area contributed by atoms with Gasteiger partial charge in [0.25, 0.3) is 0 Å². The van der Waals surface area contributed by atoms with Crippen LogP contribution in [-0.4, -0.2) is 62.0 Å². The minimum Gasteiger partial charge on any atom is -0.396 e. The number of nitrogens with zero attached hydrogens (tertiary/aromatic N) is 1. The predicted octanol–water partition coefficient (Wildman–Crippen LogP) is -0.711. The zero-order valence-electron chi connectivity index (χ0n) is 8.83. The zero-order chi connectivity index (χ0) is 10.0. The highest BCUT2D eigenvalue weighted by Gasteiger charge is 2.40. The summed E-state index contributed by atoms with van der Waals surface area (Å²) in [4.78, 5) is 2.43. The summed E-state index contributed by atoms with van der Waals surface area (Å²) in [6.07, 6.45) is 0. The molecule has 0 bridgehead atoms. The van der Waals surface area contributed by atoms with Crippen molar-refractivity contribution in [2.75, 3.05) is 46.0 Å². The van der Waals surface area contributed by atoms with Gasteiger partial charge in [-0.3, -0.25) is 4.90 Å². The fourth-order valence-corrected chi connectivity index (χ4v) is 2.25. The Morgan fingerprint density at radius 1 is 1.57 bits per heavy atom. The maximum absolute atomic E-state index is 9.31. The molecule has 14 heavy (non-hydrogen) atoms. The molecular weight excluding hydrogens is 180 g/mol. The van der Waals surface area contributed by atoms with Crippen molar-refractivity contribution >= 4 is 0 Å². The second-order valence-electron chi connectivity index (χ2n) is 4.74. The Labute approximate surface area is 85.2 Å². The van der Waals surface area contributed by atoms with Gasteiger partial charge in [-0.15, -0.1) is 0 Å². The average Bonchev–Trinajstić information content (AvgIpc) is 2.11. The molecule has 0 spiro atoms. The molecular formula is C10H20N2O2. The third kappa shape index (κ3) is 2.08. The van der Waals surface area contributed by atoms with E-state index in [-0.39, 0.29) is 12.0 Å². The van der Waals surface area contributed by atoms with Gasteiger partial charge in [-0.25, -0.2) is 0 Å². The molecule has 2 N–H and O–H groups in total. The third-order valence-electron chi connectivity index (χ3n) is 3.16. The maximum atomic E-state index is 9.31. The van der Waals surface area contributed by atoms with Gasteiger partial charge in [-0.1, -0.05) is 0 Å². The molecule has 2 rings (SSSR count). The van der Waals surface area contributed by atoms with Crippen LogP contribution in [0.4, 0.5) is 0 Å². The Kier molecular flexibility index (Phi) is 3.07. The molecule has 0 aromatic heterocycles. The highest BCUT2D eigenvalue weighted by Crippen LogP contribution is 2.28. The Morgan fingerprint density at radius 3 is 2.86 bits per heavy atom. The molecule has 4 heteroatoms. The number of aliphatic hydroxyl groups excluding tert-OH is 1. The van der Waals surface area contributed by atoms with E-state index >= 15 is 0 Å². The number of piperazine rings is 1. The molecule has 0 radical (unpaired) electrons. The second-order valence-corrected chi connectivity index (χ2v) is 4.74. The first-order valence-electron chi connectivity index (χ1n) is 5.38. The lowest BCUT2D eigenvalue weighted by atomic mass is 9.86. The van der Waals surface area contributed by atoms with Crippen molar-refractivity contribution in [2.24, 2.45) is 5.41 Å². The highest BCUT2D eigenvalue weighted by atomic mass is 16.5. The summed E-state index contributed by atoms with van der Waals surface area (Å²) in [5.41, 5.74) is 0.0387. The lowest BCUT2D eigenvalue weighted by Gasteiger charge is -2.45. The molecule has 2 saturated heterocycles. The van der Waals surface area contributed by atoms with Crippen molar-refractivity contribution in [2.45, 2.75) is 13.0 Å². The van der Waals surface area contributed by atoms with Crippen molar-refractivity contribution in [1.29, 1.82) is 0 Å². The van der Waals surface area contributed by atoms with Crippen molar-refractivity contribution < 1.29 is 9.84 Å². The molecule has 2 aliphatic heterocycles. The fraction of sp³-hybridized carbons (Fsp3) is 1.00. The van der Waals surface area contributed by atoms with Gasteiger partial charge in [0.05, 0.1) is 25.2 Å². The van der Waals surface area contributed by atoms with E-state index in [1.807, 2.05) is 0 Å². The molecule has 2 heterocycles. The third-order valence-corrected chi connectivity index (χ3v) is 3.16. The largest absolute Gasteiger partial charge is 0.396 e. The van der Waals surface area contributed by atoms with Gasteiger partial charge in [0.15, 0.2) is 0 Å². The van der Waals surface area contributed by atoms with E-state index in [2.05, 4.69) is 17.1 Å². The molecule has 0 aromatic rings. The Hall–Kier alpha value is -0.160. The van der Waals surface area contributed by atoms with Crippen LogP contribution in [0.3, 0.4) is 0 Å². The van der Waals surface area contributed by atoms with Crippen LogP contribution in [0, 0.1) is 5.41 Å². The van der Waals surface area contributed by atoms with E-state index in [4.69, 9.17) is 4.74 Å². The number of aliphatic hydroxyl groups is 1. The van der Waals surface area contributed by atoms with Crippen molar-refractivity contribution in [3.8, 4) is 0 Å². The van der Waals surface area contributed by atoms with Gasteiger partial charge >= 0.3 is 0 Å². The number of nitrogens with one attached hydrogen (secondary N) is 1. The predicted molar refractivity (Wildman–Crippen MR) is 54.2 cm³/mol. The van der Waals surface area contributed by atoms with Crippen LogP contribution in [0.1, 0.15) is 6.92 Å². The van der Waals surface area contributed by atoms with Crippen LogP contribution in [0.2, 0.25) is 0 Å². The molecule has 0 amide bonds. The lowest BCUT2D eigenvalue weighted by Crippen LogP contribution is -2.58. The van der Waals surface area contributed by atoms with Gasteiger partial charge in [-0.2, -0.15) is 0 Å². The van der Waals surface area contributed by atoms with Crippen molar-refractivity contribution in [3.63, 3.8) is 0 Å². The van der Waals surface area contributed by atoms with Crippen LogP contribution >= 0.6 is 0 Å². The van der Waals surface area contributed by atoms with Crippen LogP contribution in [0.15, 0.2) is 0 Å². The molecule has 2 aliphatic rings. The molecule has 0 aromatic carbocycles. The normalized spacial score (nSPS) is 32.6. The summed E-state index contributed by atoms with van der Waals surface area (Å²) in [5, 5.41) is 12.7. The SMILES string of the molecule is C[C@@H]1CN(CC2(CO)COC2)CCN1. The first kappa shape index (κ1) is 10.4. The van der Waals surface area contributed by atoms with Crippen LogP contribution in [0.25, 0.3) is 0 Å². The summed E-state index contributed by atoms with van der Waals surface area (Å²) < 4.78 is 5.20. The van der Waals surface area contributed by atoms with Gasteiger partial charge in [-0.05, 0) is 6.92 Å². The Morgan fingerprint density at radius 2 is 2.36 bits per heavy atom. The standard InChI is InChI=1S/C10H20N2O2/c1-9-4-12(3-2-11-9)5-10(6-13)7-14-8-10/h9,11,13H,2-8H2,1H3/t9-/m1/s1. The average molecular weight is 200 g/mol. The Bertz CT molecular complexity index is 189. The molecule has 2 fully saturated rings. The van der Waals surface area contributed by atoms with Crippen LogP contribution in [0.5, 0.6) is 0 Å². The van der Waals surface area contributed by atoms with E-state index < -0.39 is 0 Å². The maximum Gasteiger partial charge on any atom is 0.0579 e. The van der Waals surface area contributed by atoms with Gasteiger partial charge in [0.2, 0.25) is 0 Å². The highest BCUT2D eigenvalue weighted by molar-refractivity contribution is 4.90. The van der Waals surface area contributed by atoms with Gasteiger partial charge < -0.3 is 15.2 Å². The Balaban J connectivity index is 1.83. The first-order chi connectivity index (χ1) is 6.74. The van der Waals surface area contributed by atoms with Gasteiger partial charge in [0.1, 0.15) is 0 Å². The monoisotopic (exact) mass is 200 g/mol. The van der Waals surface area contributed by atoms with Crippen molar-refractivity contribution in [1.82, 2.24) is 10.2 Å². The molecule has 0 saturated carbocycles. The molecule has 0 aliphatic carbocycles. The summed E-state index contributed by atoms with van der Waals surface area (Å²) in [6.45, 7) is 8.12. The van der Waals surface area contributed by atoms with E-state index in [1.54, 1.807) is 0 Å². The number of ether oxygens (including phenoxy) is 1. The van der Waals surface area contributed by atoms with E-state index in [0.717, 1.165) is 39.4 Å². The summed E-state index contributed by atoms with van der Waals surface area (Å²) in [6, 6.07) is 0.570. The summed E-state index contributed by atoms with van der Waals surface area (Å²) in [7, 11) is 0. The van der Waals surface area contributed by atoms with Crippen LogP contribution < -0.4 is 5.32 Å². The zero-order valence-corrected chi connectivity index (χ0v) is 8.83. The van der Waals surface area contributed by atoms with Crippen LogP contribution in [-0.2, 0) is 4.74 Å². The molecule has 82 valence electrons. The van der Waals surface area contributed by atoms with Gasteiger partial charge in [0, 0.05) is 32.2 Å². The minimum atomic E-state index is 0.0387. The van der Waals surface area contributed by atoms with E-state index in [1.165, 1.54) is 0 Å². The summed E-state index contributed by atoms with van der Waals surface area (Å²) in [5.74, 6) is 0. The topological polar surface area (TPSA) is 44.7 Å². The second kappa shape index (κ2) is 4.14. The first-order valence-corrected chi connectivity index (χ1v) is 5.38. The quantitative estimate of drug-likeness (QED) is 0.632. The molecule has 1 atom stereocenters. The van der Waals surface area contributed by atoms with Crippen molar-refractivity contribution in [3.05, 3.63) is 0 Å². The molecule has 0 unspecified atom stereocenters. The minimum absolute atomic E-state index is 0.0387. The van der Waals surface area contributed by atoms with E-state index in [0.29, 0.717) is 6.04 Å². The smallest absolute Gasteiger partial charge is 0.0579 e. The lowest BCUT2D eigenvalue weighted by molar-refractivity contribution is -0.149. The number of hydrogen-bond donors (Lipinski definition) is 2. The summed E-state index contributed by atoms with van der Waals surface area (Å²) >= 11 is 0.